The summed E-state index contributed by atoms with van der Waals surface area (Å²) in [5.74, 6) is -1.38. The molecule has 1 fully saturated rings. The molecule has 0 atom stereocenters. The summed E-state index contributed by atoms with van der Waals surface area (Å²) in [6, 6.07) is 15.0. The van der Waals surface area contributed by atoms with Crippen LogP contribution in [0.2, 0.25) is 0 Å². The van der Waals surface area contributed by atoms with Gasteiger partial charge in [0.15, 0.2) is 23.2 Å². The van der Waals surface area contributed by atoms with Crippen LogP contribution in [0.15, 0.2) is 54.6 Å². The number of rotatable bonds is 7. The van der Waals surface area contributed by atoms with E-state index in [9.17, 15) is 13.2 Å². The summed E-state index contributed by atoms with van der Waals surface area (Å²) in [4.78, 5) is 0. The minimum absolute atomic E-state index is 0.0104. The van der Waals surface area contributed by atoms with Gasteiger partial charge in [0.25, 0.3) is 0 Å². The molecule has 0 N–H and O–H groups in total. The maximum Gasteiger partial charge on any atom is 0.165 e. The molecule has 0 aliphatic heterocycles. The van der Waals surface area contributed by atoms with Gasteiger partial charge in [0.2, 0.25) is 0 Å². The maximum absolute atomic E-state index is 14.8. The molecule has 3 aromatic carbocycles. The van der Waals surface area contributed by atoms with Crippen molar-refractivity contribution in [2.75, 3.05) is 14.2 Å². The fraction of sp³-hybridized carbons (Fsp3) is 0.333. The van der Waals surface area contributed by atoms with Crippen LogP contribution in [-0.2, 0) is 11.3 Å². The van der Waals surface area contributed by atoms with Gasteiger partial charge in [-0.2, -0.15) is 0 Å². The largest absolute Gasteiger partial charge is 0.494 e. The van der Waals surface area contributed by atoms with Gasteiger partial charge in [-0.1, -0.05) is 30.3 Å². The Labute approximate surface area is 192 Å². The third-order valence-electron chi connectivity index (χ3n) is 6.37. The Bertz CT molecular complexity index is 1090. The zero-order valence-corrected chi connectivity index (χ0v) is 18.7. The van der Waals surface area contributed by atoms with Crippen molar-refractivity contribution in [3.63, 3.8) is 0 Å². The van der Waals surface area contributed by atoms with Gasteiger partial charge in [-0.05, 0) is 72.6 Å². The highest BCUT2D eigenvalue weighted by Crippen LogP contribution is 2.36. The lowest BCUT2D eigenvalue weighted by Crippen LogP contribution is -2.20. The molecule has 4 rings (SSSR count). The monoisotopic (exact) mass is 456 g/mol. The second-order valence-electron chi connectivity index (χ2n) is 8.31. The minimum Gasteiger partial charge on any atom is -0.494 e. The molecule has 0 aromatic heterocycles. The van der Waals surface area contributed by atoms with Crippen LogP contribution in [0.4, 0.5) is 13.2 Å². The lowest BCUT2D eigenvalue weighted by atomic mass is 9.82. The van der Waals surface area contributed by atoms with E-state index in [1.807, 2.05) is 0 Å². The van der Waals surface area contributed by atoms with Gasteiger partial charge in [-0.25, -0.2) is 13.2 Å². The zero-order chi connectivity index (χ0) is 23.4. The molecule has 3 aromatic rings. The van der Waals surface area contributed by atoms with Gasteiger partial charge in [-0.3, -0.25) is 0 Å². The highest BCUT2D eigenvalue weighted by molar-refractivity contribution is 5.65. The summed E-state index contributed by atoms with van der Waals surface area (Å²) in [6.07, 6.45) is 3.49. The van der Waals surface area contributed by atoms with Gasteiger partial charge in [-0.15, -0.1) is 0 Å². The predicted octanol–water partition coefficient (Wildman–Crippen LogP) is 7.03. The minimum atomic E-state index is -0.855. The Balaban J connectivity index is 1.41. The smallest absolute Gasteiger partial charge is 0.165 e. The van der Waals surface area contributed by atoms with Crippen LogP contribution in [0.5, 0.6) is 11.5 Å². The van der Waals surface area contributed by atoms with Gasteiger partial charge in [0, 0.05) is 12.7 Å². The van der Waals surface area contributed by atoms with Gasteiger partial charge >= 0.3 is 0 Å². The summed E-state index contributed by atoms with van der Waals surface area (Å²) in [5, 5.41) is 0. The normalized spacial score (nSPS) is 18.2. The SMILES string of the molecule is COc1ccc(-c2ccc(OCc3ccc(C4CCC(OC)CC4)c(F)c3F)cc2)cc1F. The van der Waals surface area contributed by atoms with E-state index in [-0.39, 0.29) is 29.9 Å². The summed E-state index contributed by atoms with van der Waals surface area (Å²) in [7, 11) is 3.10. The van der Waals surface area contributed by atoms with E-state index in [1.165, 1.54) is 13.2 Å². The molecular weight excluding hydrogens is 429 g/mol. The summed E-state index contributed by atoms with van der Waals surface area (Å²) < 4.78 is 59.4. The quantitative estimate of drug-likeness (QED) is 0.382. The second-order valence-corrected chi connectivity index (χ2v) is 8.31. The molecule has 0 saturated heterocycles. The van der Waals surface area contributed by atoms with Crippen molar-refractivity contribution in [2.45, 2.75) is 44.3 Å². The molecule has 0 heterocycles. The van der Waals surface area contributed by atoms with Crippen LogP contribution in [0.3, 0.4) is 0 Å². The molecule has 0 amide bonds. The lowest BCUT2D eigenvalue weighted by molar-refractivity contribution is 0.0655. The van der Waals surface area contributed by atoms with Crippen molar-refractivity contribution < 1.29 is 27.4 Å². The molecule has 1 saturated carbocycles. The standard InChI is InChI=1S/C27H27F3O3/c1-31-21-9-5-18(6-10-21)23-13-7-20(26(29)27(23)30)16-33-22-11-3-17(4-12-22)19-8-14-25(32-2)24(28)15-19/h3-4,7-8,11-15,18,21H,5-6,9-10,16H2,1-2H3. The van der Waals surface area contributed by atoms with E-state index < -0.39 is 17.5 Å². The molecule has 1 aliphatic rings. The van der Waals surface area contributed by atoms with E-state index in [1.54, 1.807) is 55.6 Å². The van der Waals surface area contributed by atoms with Crippen molar-refractivity contribution in [3.8, 4) is 22.6 Å². The highest BCUT2D eigenvalue weighted by Gasteiger charge is 2.26. The number of halogens is 3. The maximum atomic E-state index is 14.8. The Morgan fingerprint density at radius 1 is 0.788 bits per heavy atom. The number of hydrogen-bond donors (Lipinski definition) is 0. The Morgan fingerprint density at radius 2 is 1.48 bits per heavy atom. The Morgan fingerprint density at radius 3 is 2.12 bits per heavy atom. The lowest BCUT2D eigenvalue weighted by Gasteiger charge is -2.28. The van der Waals surface area contributed by atoms with Crippen molar-refractivity contribution in [1.82, 2.24) is 0 Å². The van der Waals surface area contributed by atoms with Crippen molar-refractivity contribution >= 4 is 0 Å². The molecular formula is C27H27F3O3. The first-order valence-electron chi connectivity index (χ1n) is 11.1. The molecule has 174 valence electrons. The third-order valence-corrected chi connectivity index (χ3v) is 6.37. The average Bonchev–Trinajstić information content (AvgIpc) is 2.85. The first-order valence-corrected chi connectivity index (χ1v) is 11.1. The van der Waals surface area contributed by atoms with Crippen LogP contribution in [-0.4, -0.2) is 20.3 Å². The fourth-order valence-electron chi connectivity index (χ4n) is 4.39. The van der Waals surface area contributed by atoms with Crippen LogP contribution < -0.4 is 9.47 Å². The van der Waals surface area contributed by atoms with E-state index in [0.29, 0.717) is 16.9 Å². The molecule has 1 aliphatic carbocycles. The second kappa shape index (κ2) is 10.3. The first kappa shape index (κ1) is 23.2. The predicted molar refractivity (Wildman–Crippen MR) is 121 cm³/mol. The molecule has 0 bridgehead atoms. The molecule has 33 heavy (non-hydrogen) atoms. The first-order chi connectivity index (χ1) is 16.0. The number of methoxy groups -OCH3 is 2. The number of hydrogen-bond acceptors (Lipinski definition) is 3. The average molecular weight is 457 g/mol. The molecule has 0 unspecified atom stereocenters. The van der Waals surface area contributed by atoms with E-state index in [0.717, 1.165) is 31.2 Å². The summed E-state index contributed by atoms with van der Waals surface area (Å²) in [5.41, 5.74) is 2.10. The molecule has 0 spiro atoms. The van der Waals surface area contributed by atoms with Crippen LogP contribution in [0.25, 0.3) is 11.1 Å². The van der Waals surface area contributed by atoms with Crippen molar-refractivity contribution in [3.05, 3.63) is 83.2 Å². The Hall–Kier alpha value is -2.99. The summed E-state index contributed by atoms with van der Waals surface area (Å²) >= 11 is 0. The van der Waals surface area contributed by atoms with Crippen LogP contribution >= 0.6 is 0 Å². The summed E-state index contributed by atoms with van der Waals surface area (Å²) in [6.45, 7) is -0.0873. The topological polar surface area (TPSA) is 27.7 Å². The molecule has 0 radical (unpaired) electrons. The third kappa shape index (κ3) is 5.17. The van der Waals surface area contributed by atoms with Gasteiger partial charge in [0.1, 0.15) is 12.4 Å². The Kier molecular flexibility index (Phi) is 7.23. The zero-order valence-electron chi connectivity index (χ0n) is 18.7. The highest BCUT2D eigenvalue weighted by atomic mass is 19.2. The molecule has 6 heteroatoms. The van der Waals surface area contributed by atoms with Crippen molar-refractivity contribution in [2.24, 2.45) is 0 Å². The van der Waals surface area contributed by atoms with E-state index in [4.69, 9.17) is 14.2 Å². The van der Waals surface area contributed by atoms with Crippen LogP contribution in [0, 0.1) is 17.5 Å². The number of benzene rings is 3. The number of ether oxygens (including phenoxy) is 3. The van der Waals surface area contributed by atoms with E-state index >= 15 is 0 Å². The van der Waals surface area contributed by atoms with Crippen LogP contribution in [0.1, 0.15) is 42.7 Å². The van der Waals surface area contributed by atoms with Gasteiger partial charge < -0.3 is 14.2 Å². The fourth-order valence-corrected chi connectivity index (χ4v) is 4.39. The van der Waals surface area contributed by atoms with Crippen molar-refractivity contribution in [1.29, 1.82) is 0 Å². The van der Waals surface area contributed by atoms with Gasteiger partial charge in [0.05, 0.1) is 13.2 Å². The van der Waals surface area contributed by atoms with E-state index in [2.05, 4.69) is 0 Å². The molecule has 3 nitrogen and oxygen atoms in total.